The van der Waals surface area contributed by atoms with Gasteiger partial charge in [0.05, 0.1) is 12.4 Å². The van der Waals surface area contributed by atoms with Crippen LogP contribution in [0.2, 0.25) is 0 Å². The maximum Gasteiger partial charge on any atom is 0.333 e. The van der Waals surface area contributed by atoms with Crippen LogP contribution in [0.3, 0.4) is 0 Å². The fraction of sp³-hybridized carbons (Fsp3) is 0.450. The van der Waals surface area contributed by atoms with Crippen molar-refractivity contribution in [3.05, 3.63) is 102 Å². The molecule has 58 heavy (non-hydrogen) atoms. The molecule has 0 atom stereocenters. The Morgan fingerprint density at radius 1 is 0.724 bits per heavy atom. The van der Waals surface area contributed by atoms with Gasteiger partial charge in [0.25, 0.3) is 37.4 Å². The second-order valence-corrected chi connectivity index (χ2v) is 18.5. The highest BCUT2D eigenvalue weighted by Crippen LogP contribution is 2.40. The van der Waals surface area contributed by atoms with Crippen LogP contribution in [0.15, 0.2) is 56.6 Å². The van der Waals surface area contributed by atoms with Gasteiger partial charge in [-0.3, -0.25) is 9.59 Å². The van der Waals surface area contributed by atoms with Crippen LogP contribution in [0.1, 0.15) is 110 Å². The van der Waals surface area contributed by atoms with Crippen molar-refractivity contribution in [2.45, 2.75) is 127 Å². The third-order valence-corrected chi connectivity index (χ3v) is 12.8. The van der Waals surface area contributed by atoms with Crippen LogP contribution in [-0.2, 0) is 71.4 Å². The molecule has 2 amide bonds. The van der Waals surface area contributed by atoms with Gasteiger partial charge in [0, 0.05) is 30.2 Å². The first-order valence-corrected chi connectivity index (χ1v) is 22.4. The minimum atomic E-state index is -4.21. The molecule has 308 valence electrons. The van der Waals surface area contributed by atoms with Crippen LogP contribution in [-0.4, -0.2) is 42.0 Å². The Bertz CT molecular complexity index is 2580. The summed E-state index contributed by atoms with van der Waals surface area (Å²) in [5.41, 5.74) is 10.2. The number of hydrogen-bond acceptors (Lipinski definition) is 11. The Labute approximate surface area is 337 Å². The summed E-state index contributed by atoms with van der Waals surface area (Å²) in [5, 5.41) is 15.7. The van der Waals surface area contributed by atoms with Gasteiger partial charge in [-0.2, -0.15) is 8.42 Å². The van der Waals surface area contributed by atoms with E-state index in [-0.39, 0.29) is 27.7 Å². The predicted octanol–water partition coefficient (Wildman–Crippen LogP) is 4.31. The molecule has 0 aliphatic heterocycles. The molecular formula is C40H48N8O8S2. The summed E-state index contributed by atoms with van der Waals surface area (Å²) in [5.74, 6) is 0.903. The van der Waals surface area contributed by atoms with E-state index in [2.05, 4.69) is 27.4 Å². The molecule has 4 N–H and O–H groups in total. The maximum absolute atomic E-state index is 12.6. The van der Waals surface area contributed by atoms with Crippen LogP contribution in [0.25, 0.3) is 0 Å². The fourth-order valence-electron chi connectivity index (χ4n) is 8.11. The number of benzene rings is 2. The van der Waals surface area contributed by atoms with E-state index in [4.69, 9.17) is 15.1 Å². The molecule has 16 nitrogen and oxygen atoms in total. The molecule has 4 aliphatic carbocycles. The van der Waals surface area contributed by atoms with Gasteiger partial charge < -0.3 is 19.2 Å². The monoisotopic (exact) mass is 832 g/mol. The molecule has 4 aromatic rings. The van der Waals surface area contributed by atoms with Crippen molar-refractivity contribution in [2.75, 3.05) is 5.32 Å². The Morgan fingerprint density at radius 3 is 1.57 bits per heavy atom. The number of aryl methyl sites for hydroxylation is 4. The molecule has 0 bridgehead atoms. The molecule has 0 spiro atoms. The number of nitrogens with two attached hydrogens (primary N) is 1. The molecule has 0 fully saturated rings. The average Bonchev–Trinajstić information content (AvgIpc) is 3.99. The summed E-state index contributed by atoms with van der Waals surface area (Å²) < 4.78 is 56.9. The van der Waals surface area contributed by atoms with E-state index in [9.17, 15) is 31.2 Å². The van der Waals surface area contributed by atoms with Gasteiger partial charge >= 0.3 is 6.03 Å². The lowest BCUT2D eigenvalue weighted by molar-refractivity contribution is 0.256. The standard InChI is InChI=1S/C20H24N4O4S.C13H13NO.C7H11N3O3S/c1-12(2)24-11-17(21-10-18(24)25)29(27,28)23-20(26)22-19-15-7-3-5-13(15)9-14-6-4-8-16(14)19;14-8-15-13-11-5-1-3-9(11)7-10-4-2-6-12(10)13;1-5(2)10-4-6(14(8,12)13)9-3-7(10)11/h9-12H,3-8H2,1-2H3,(H2,22,23,26);7H,1-6H2;3-5H,1-2H3,(H2,8,12,13). The second-order valence-electron chi connectivity index (χ2n) is 15.3. The van der Waals surface area contributed by atoms with Crippen LogP contribution in [0.4, 0.5) is 10.5 Å². The number of carbonyl (C=O) groups is 1. The number of ether oxygens (including phenoxy) is 1. The van der Waals surface area contributed by atoms with E-state index in [1.807, 2.05) is 11.0 Å². The number of sulfonamides is 2. The number of nitriles is 1. The van der Waals surface area contributed by atoms with Crippen molar-refractivity contribution in [1.29, 1.82) is 5.26 Å². The van der Waals surface area contributed by atoms with Crippen molar-refractivity contribution in [1.82, 2.24) is 23.8 Å². The average molecular weight is 833 g/mol. The predicted molar refractivity (Wildman–Crippen MR) is 216 cm³/mol. The largest absolute Gasteiger partial charge is 0.387 e. The molecule has 0 unspecified atom stereocenters. The van der Waals surface area contributed by atoms with E-state index in [0.29, 0.717) is 0 Å². The van der Waals surface area contributed by atoms with Crippen molar-refractivity contribution in [3.63, 3.8) is 0 Å². The second kappa shape index (κ2) is 17.2. The number of carbonyl (C=O) groups excluding carboxylic acids is 1. The summed E-state index contributed by atoms with van der Waals surface area (Å²) in [7, 11) is -8.06. The number of hydrogen-bond donors (Lipinski definition) is 3. The third-order valence-electron chi connectivity index (χ3n) is 10.8. The molecule has 0 saturated heterocycles. The van der Waals surface area contributed by atoms with Gasteiger partial charge in [0.1, 0.15) is 5.75 Å². The summed E-state index contributed by atoms with van der Waals surface area (Å²) in [6.07, 6.45) is 18.7. The van der Waals surface area contributed by atoms with Crippen LogP contribution in [0, 0.1) is 11.5 Å². The quantitative estimate of drug-likeness (QED) is 0.222. The van der Waals surface area contributed by atoms with Gasteiger partial charge in [-0.25, -0.2) is 33.0 Å². The molecule has 0 radical (unpaired) electrons. The van der Waals surface area contributed by atoms with Crippen molar-refractivity contribution < 1.29 is 26.4 Å². The minimum absolute atomic E-state index is 0.133. The first kappa shape index (κ1) is 42.2. The van der Waals surface area contributed by atoms with Crippen molar-refractivity contribution in [3.8, 4) is 12.0 Å². The van der Waals surface area contributed by atoms with Gasteiger partial charge in [-0.05, 0) is 149 Å². The topological polar surface area (TPSA) is 238 Å². The summed E-state index contributed by atoms with van der Waals surface area (Å²) in [6.45, 7) is 7.03. The number of anilines is 1. The van der Waals surface area contributed by atoms with Gasteiger partial charge in [0.15, 0.2) is 10.1 Å². The Hall–Kier alpha value is -5.38. The third kappa shape index (κ3) is 9.16. The lowest BCUT2D eigenvalue weighted by Crippen LogP contribution is -2.36. The Balaban J connectivity index is 0.000000164. The molecule has 4 aliphatic rings. The van der Waals surface area contributed by atoms with E-state index >= 15 is 0 Å². The molecule has 8 rings (SSSR count). The zero-order valence-corrected chi connectivity index (χ0v) is 34.6. The summed E-state index contributed by atoms with van der Waals surface area (Å²) in [4.78, 5) is 42.8. The summed E-state index contributed by atoms with van der Waals surface area (Å²) in [6, 6.07) is 3.40. The fourth-order valence-corrected chi connectivity index (χ4v) is 9.41. The number of primary sulfonamides is 1. The number of fused-ring (bicyclic) bond motifs is 4. The Kier molecular flexibility index (Phi) is 12.5. The highest BCUT2D eigenvalue weighted by molar-refractivity contribution is 7.90. The number of aromatic nitrogens is 4. The van der Waals surface area contributed by atoms with Crippen molar-refractivity contribution >= 4 is 31.8 Å². The number of nitrogens with zero attached hydrogens (tertiary/aromatic N) is 5. The van der Waals surface area contributed by atoms with Gasteiger partial charge in [0.2, 0.25) is 0 Å². The first-order chi connectivity index (χ1) is 27.5. The number of rotatable bonds is 7. The molecule has 2 aromatic carbocycles. The molecule has 2 aromatic heterocycles. The van der Waals surface area contributed by atoms with E-state index in [1.54, 1.807) is 27.7 Å². The normalized spacial score (nSPS) is 14.9. The lowest BCUT2D eigenvalue weighted by Gasteiger charge is -2.17. The van der Waals surface area contributed by atoms with E-state index in [0.717, 1.165) is 112 Å². The number of nitrogens with one attached hydrogen (secondary N) is 2. The van der Waals surface area contributed by atoms with E-state index < -0.39 is 31.6 Å². The lowest BCUT2D eigenvalue weighted by atomic mass is 9.99. The first-order valence-electron chi connectivity index (χ1n) is 19.4. The van der Waals surface area contributed by atoms with E-state index in [1.165, 1.54) is 55.4 Å². The zero-order valence-electron chi connectivity index (χ0n) is 33.0. The minimum Gasteiger partial charge on any atom is -0.387 e. The zero-order chi connectivity index (χ0) is 41.9. The van der Waals surface area contributed by atoms with Crippen molar-refractivity contribution in [2.24, 2.45) is 5.14 Å². The van der Waals surface area contributed by atoms with Crippen LogP contribution >= 0.6 is 0 Å². The molecule has 2 heterocycles. The van der Waals surface area contributed by atoms with Gasteiger partial charge in [-0.15, -0.1) is 5.26 Å². The highest BCUT2D eigenvalue weighted by Gasteiger charge is 2.28. The maximum atomic E-state index is 12.6. The molecule has 18 heteroatoms. The number of amides is 2. The Morgan fingerprint density at radius 2 is 1.14 bits per heavy atom. The summed E-state index contributed by atoms with van der Waals surface area (Å²) >= 11 is 0. The SMILES string of the molecule is CC(C)n1cc(S(=O)(=O)NC(=O)Nc2c3c(cc4c2CCC4)CCC3)ncc1=O.CC(C)n1cc(S(N)(=O)=O)ncc1=O.N#COc1c2c(cc3c1CCC3)CCC2. The highest BCUT2D eigenvalue weighted by atomic mass is 32.2. The smallest absolute Gasteiger partial charge is 0.333 e. The molecule has 0 saturated carbocycles. The van der Waals surface area contributed by atoms with Crippen LogP contribution in [0.5, 0.6) is 5.75 Å². The van der Waals surface area contributed by atoms with Crippen LogP contribution < -0.4 is 31.0 Å². The number of urea groups is 1. The van der Waals surface area contributed by atoms with Gasteiger partial charge in [-0.1, -0.05) is 12.1 Å². The molecular weight excluding hydrogens is 785 g/mol.